The van der Waals surface area contributed by atoms with Crippen molar-refractivity contribution in [2.24, 2.45) is 0 Å². The average Bonchev–Trinajstić information content (AvgIpc) is 2.92. The van der Waals surface area contributed by atoms with Gasteiger partial charge in [0, 0.05) is 5.56 Å². The molecule has 0 atom stereocenters. The van der Waals surface area contributed by atoms with Crippen LogP contribution in [0.3, 0.4) is 0 Å². The summed E-state index contributed by atoms with van der Waals surface area (Å²) in [5.74, 6) is -0.0973. The molecule has 5 nitrogen and oxygen atoms in total. The van der Waals surface area contributed by atoms with Crippen LogP contribution in [-0.2, 0) is 16.5 Å². The third-order valence-corrected chi connectivity index (χ3v) is 4.89. The van der Waals surface area contributed by atoms with Crippen molar-refractivity contribution in [3.05, 3.63) is 63.7 Å². The van der Waals surface area contributed by atoms with Crippen LogP contribution in [-0.4, -0.2) is 23.0 Å². The molecule has 0 aliphatic heterocycles. The molecule has 0 aliphatic rings. The van der Waals surface area contributed by atoms with E-state index in [1.807, 2.05) is 0 Å². The molecular formula is C15H10Cl3N3O2S. The number of hydrogen-bond acceptors (Lipinski definition) is 4. The number of thiol groups is 1. The van der Waals surface area contributed by atoms with Crippen LogP contribution in [0.1, 0.15) is 5.69 Å². The van der Waals surface area contributed by atoms with Gasteiger partial charge in [-0.1, -0.05) is 40.9 Å². The third-order valence-electron chi connectivity index (χ3n) is 3.29. The number of hydrogen-bond donors (Lipinski definition) is 1. The molecule has 3 aromatic rings. The summed E-state index contributed by atoms with van der Waals surface area (Å²) >= 11 is 18.2. The molecule has 0 fully saturated rings. The number of nitrogens with zero attached hydrogens (tertiary/aromatic N) is 3. The Morgan fingerprint density at radius 1 is 1.00 bits per heavy atom. The van der Waals surface area contributed by atoms with Crippen LogP contribution in [0.2, 0.25) is 15.2 Å². The zero-order chi connectivity index (χ0) is 17.3. The maximum Gasteiger partial charge on any atom is 0.155 e. The highest BCUT2D eigenvalue weighted by atomic mass is 35.5. The molecule has 2 heterocycles. The Kier molecular flexibility index (Phi) is 5.10. The molecule has 0 amide bonds. The van der Waals surface area contributed by atoms with Gasteiger partial charge in [0.2, 0.25) is 0 Å². The van der Waals surface area contributed by atoms with Crippen LogP contribution in [0.15, 0.2) is 42.9 Å². The van der Waals surface area contributed by atoms with Crippen molar-refractivity contribution in [1.82, 2.24) is 14.5 Å². The van der Waals surface area contributed by atoms with Crippen molar-refractivity contribution >= 4 is 45.5 Å². The maximum absolute atomic E-state index is 10.8. The van der Waals surface area contributed by atoms with Gasteiger partial charge in [0.05, 0.1) is 39.1 Å². The van der Waals surface area contributed by atoms with Crippen LogP contribution >= 0.6 is 34.8 Å². The molecule has 124 valence electrons. The van der Waals surface area contributed by atoms with E-state index in [0.717, 1.165) is 5.56 Å². The lowest BCUT2D eigenvalue weighted by Gasteiger charge is -2.10. The highest BCUT2D eigenvalue weighted by Gasteiger charge is 2.14. The van der Waals surface area contributed by atoms with Crippen molar-refractivity contribution in [2.75, 3.05) is 0 Å². The van der Waals surface area contributed by atoms with Gasteiger partial charge in [-0.25, -0.2) is 13.4 Å². The molecule has 9 heteroatoms. The highest BCUT2D eigenvalue weighted by Crippen LogP contribution is 2.33. The number of benzene rings is 1. The van der Waals surface area contributed by atoms with Crippen molar-refractivity contribution in [3.8, 4) is 16.9 Å². The minimum Gasteiger partial charge on any atom is -0.296 e. The average molecular weight is 403 g/mol. The summed E-state index contributed by atoms with van der Waals surface area (Å²) in [6, 6.07) is 8.57. The summed E-state index contributed by atoms with van der Waals surface area (Å²) in [4.78, 5) is 8.27. The summed E-state index contributed by atoms with van der Waals surface area (Å²) in [7, 11) is -2.52. The Hall–Kier alpha value is -1.60. The summed E-state index contributed by atoms with van der Waals surface area (Å²) in [6.07, 6.45) is 3.12. The highest BCUT2D eigenvalue weighted by molar-refractivity contribution is 7.71. The van der Waals surface area contributed by atoms with Crippen molar-refractivity contribution < 1.29 is 8.42 Å². The van der Waals surface area contributed by atoms with E-state index in [2.05, 4.69) is 9.97 Å². The van der Waals surface area contributed by atoms with Crippen molar-refractivity contribution in [3.63, 3.8) is 0 Å². The number of aromatic nitrogens is 3. The van der Waals surface area contributed by atoms with Gasteiger partial charge in [-0.3, -0.25) is 9.55 Å². The minimum atomic E-state index is -2.52. The van der Waals surface area contributed by atoms with Gasteiger partial charge in [0.1, 0.15) is 17.0 Å². The first-order valence-electron chi connectivity index (χ1n) is 6.71. The topological polar surface area (TPSA) is 64.8 Å². The predicted octanol–water partition coefficient (Wildman–Crippen LogP) is 4.01. The van der Waals surface area contributed by atoms with Crippen LogP contribution in [0.25, 0.3) is 16.9 Å². The Morgan fingerprint density at radius 2 is 1.79 bits per heavy atom. The standard InChI is InChI=1S/C15H10Cl3N3O2S/c16-12-4-1-9(5-13(12)17)14-15(18)20-8-21(14)11-3-2-10(19-6-11)7-24(22)23/h1-6,8,24H,7H2. The molecule has 3 rings (SSSR count). The Labute approximate surface area is 154 Å². The van der Waals surface area contributed by atoms with Gasteiger partial charge in [0.25, 0.3) is 0 Å². The fourth-order valence-electron chi connectivity index (χ4n) is 2.21. The monoisotopic (exact) mass is 401 g/mol. The molecule has 0 saturated heterocycles. The first-order chi connectivity index (χ1) is 11.5. The fraction of sp³-hybridized carbons (Fsp3) is 0.0667. The number of imidazole rings is 1. The van der Waals surface area contributed by atoms with E-state index >= 15 is 0 Å². The molecule has 0 aliphatic carbocycles. The summed E-state index contributed by atoms with van der Waals surface area (Å²) < 4.78 is 23.3. The van der Waals surface area contributed by atoms with Gasteiger partial charge < -0.3 is 0 Å². The zero-order valence-electron chi connectivity index (χ0n) is 12.0. The molecule has 2 aromatic heterocycles. The number of pyridine rings is 1. The SMILES string of the molecule is O=[SH](=O)Cc1ccc(-n2cnc(Cl)c2-c2ccc(Cl)c(Cl)c2)cn1. The van der Waals surface area contributed by atoms with Gasteiger partial charge in [-0.05, 0) is 24.3 Å². The lowest BCUT2D eigenvalue weighted by Crippen LogP contribution is -1.98. The van der Waals surface area contributed by atoms with E-state index in [0.29, 0.717) is 32.3 Å². The second-order valence-corrected chi connectivity index (χ2v) is 7.04. The molecule has 0 radical (unpaired) electrons. The molecule has 1 aromatic carbocycles. The van der Waals surface area contributed by atoms with E-state index in [1.54, 1.807) is 47.4 Å². The van der Waals surface area contributed by atoms with Crippen LogP contribution in [0.5, 0.6) is 0 Å². The maximum atomic E-state index is 10.8. The number of halogens is 3. The van der Waals surface area contributed by atoms with E-state index in [9.17, 15) is 8.42 Å². The minimum absolute atomic E-state index is 0.0973. The molecule has 0 spiro atoms. The van der Waals surface area contributed by atoms with Crippen LogP contribution < -0.4 is 0 Å². The van der Waals surface area contributed by atoms with Gasteiger partial charge in [-0.15, -0.1) is 0 Å². The van der Waals surface area contributed by atoms with Crippen molar-refractivity contribution in [1.29, 1.82) is 0 Å². The predicted molar refractivity (Wildman–Crippen MR) is 95.8 cm³/mol. The fourth-order valence-corrected chi connectivity index (χ4v) is 3.20. The Morgan fingerprint density at radius 3 is 2.42 bits per heavy atom. The molecule has 0 unspecified atom stereocenters. The molecule has 0 N–H and O–H groups in total. The largest absolute Gasteiger partial charge is 0.296 e. The second-order valence-electron chi connectivity index (χ2n) is 4.88. The normalized spacial score (nSPS) is 11.2. The smallest absolute Gasteiger partial charge is 0.155 e. The van der Waals surface area contributed by atoms with Gasteiger partial charge >= 0.3 is 0 Å². The Bertz CT molecular complexity index is 961. The van der Waals surface area contributed by atoms with Crippen molar-refractivity contribution in [2.45, 2.75) is 5.75 Å². The molecule has 24 heavy (non-hydrogen) atoms. The lowest BCUT2D eigenvalue weighted by atomic mass is 10.1. The van der Waals surface area contributed by atoms with Crippen LogP contribution in [0.4, 0.5) is 0 Å². The Balaban J connectivity index is 2.05. The quantitative estimate of drug-likeness (QED) is 0.670. The van der Waals surface area contributed by atoms with Gasteiger partial charge in [-0.2, -0.15) is 0 Å². The lowest BCUT2D eigenvalue weighted by molar-refractivity contribution is 0.613. The first kappa shape index (κ1) is 17.2. The summed E-state index contributed by atoms with van der Waals surface area (Å²) in [6.45, 7) is 0. The molecule has 0 bridgehead atoms. The summed E-state index contributed by atoms with van der Waals surface area (Å²) in [5.41, 5.74) is 2.55. The van der Waals surface area contributed by atoms with E-state index in [-0.39, 0.29) is 5.75 Å². The van der Waals surface area contributed by atoms with E-state index < -0.39 is 10.7 Å². The number of rotatable bonds is 4. The zero-order valence-corrected chi connectivity index (χ0v) is 15.2. The summed E-state index contributed by atoms with van der Waals surface area (Å²) in [5, 5.41) is 1.16. The van der Waals surface area contributed by atoms with Gasteiger partial charge in [0.15, 0.2) is 5.15 Å². The second kappa shape index (κ2) is 7.11. The van der Waals surface area contributed by atoms with Crippen LogP contribution in [0, 0.1) is 0 Å². The molecule has 0 saturated carbocycles. The first-order valence-corrected chi connectivity index (χ1v) is 9.20. The van der Waals surface area contributed by atoms with E-state index in [1.165, 1.54) is 0 Å². The third kappa shape index (κ3) is 3.57. The van der Waals surface area contributed by atoms with E-state index in [4.69, 9.17) is 34.8 Å². The molecular weight excluding hydrogens is 393 g/mol.